The number of hydrogen-bond donors (Lipinski definition) is 2. The summed E-state index contributed by atoms with van der Waals surface area (Å²) < 4.78 is 0. The summed E-state index contributed by atoms with van der Waals surface area (Å²) in [5.74, 6) is 1.12. The minimum absolute atomic E-state index is 0.556. The normalized spacial score (nSPS) is 20.1. The Morgan fingerprint density at radius 3 is 2.57 bits per heavy atom. The van der Waals surface area contributed by atoms with Gasteiger partial charge in [-0.05, 0) is 18.8 Å². The highest BCUT2D eigenvalue weighted by molar-refractivity contribution is 5.77. The molecule has 1 rings (SSSR count). The molecule has 1 heterocycles. The summed E-state index contributed by atoms with van der Waals surface area (Å²) in [7, 11) is 0. The standard InChI is InChI=1S/C10H22N4/c1-9(2)8-12-10(11)13-14-6-4-3-5-7-14/h9H,3-8H2,1-2H3,(H3,11,12,13). The van der Waals surface area contributed by atoms with Crippen LogP contribution in [0.3, 0.4) is 0 Å². The van der Waals surface area contributed by atoms with Crippen LogP contribution < -0.4 is 11.2 Å². The Hall–Kier alpha value is -0.770. The van der Waals surface area contributed by atoms with Gasteiger partial charge in [-0.2, -0.15) is 0 Å². The molecule has 0 atom stereocenters. The molecule has 1 aliphatic heterocycles. The molecule has 0 aromatic heterocycles. The summed E-state index contributed by atoms with van der Waals surface area (Å²) in [6.07, 6.45) is 3.84. The van der Waals surface area contributed by atoms with Crippen molar-refractivity contribution in [3.63, 3.8) is 0 Å². The third-order valence-corrected chi connectivity index (χ3v) is 2.26. The lowest BCUT2D eigenvalue weighted by molar-refractivity contribution is 0.193. The van der Waals surface area contributed by atoms with Crippen LogP contribution in [0.4, 0.5) is 0 Å². The topological polar surface area (TPSA) is 53.6 Å². The molecule has 82 valence electrons. The number of guanidine groups is 1. The van der Waals surface area contributed by atoms with Crippen molar-refractivity contribution < 1.29 is 0 Å². The predicted molar refractivity (Wildman–Crippen MR) is 59.9 cm³/mol. The minimum atomic E-state index is 0.556. The third kappa shape index (κ3) is 4.46. The maximum absolute atomic E-state index is 5.75. The second kappa shape index (κ2) is 5.86. The van der Waals surface area contributed by atoms with Gasteiger partial charge in [0.15, 0.2) is 0 Å². The smallest absolute Gasteiger partial charge is 0.203 e. The van der Waals surface area contributed by atoms with Crippen LogP contribution in [0.15, 0.2) is 4.99 Å². The van der Waals surface area contributed by atoms with Crippen molar-refractivity contribution in [2.75, 3.05) is 19.6 Å². The average molecular weight is 198 g/mol. The van der Waals surface area contributed by atoms with Crippen molar-refractivity contribution in [3.8, 4) is 0 Å². The first kappa shape index (κ1) is 11.3. The van der Waals surface area contributed by atoms with Gasteiger partial charge in [0.05, 0.1) is 0 Å². The molecule has 0 amide bonds. The molecule has 1 saturated heterocycles. The summed E-state index contributed by atoms with van der Waals surface area (Å²) in [5.41, 5.74) is 8.89. The largest absolute Gasteiger partial charge is 0.369 e. The van der Waals surface area contributed by atoms with Crippen molar-refractivity contribution in [2.45, 2.75) is 33.1 Å². The second-order valence-corrected chi connectivity index (χ2v) is 4.28. The molecule has 0 radical (unpaired) electrons. The summed E-state index contributed by atoms with van der Waals surface area (Å²) >= 11 is 0. The molecule has 3 N–H and O–H groups in total. The second-order valence-electron chi connectivity index (χ2n) is 4.28. The van der Waals surface area contributed by atoms with Crippen molar-refractivity contribution in [1.29, 1.82) is 0 Å². The predicted octanol–water partition coefficient (Wildman–Crippen LogP) is 0.948. The zero-order chi connectivity index (χ0) is 10.4. The van der Waals surface area contributed by atoms with Gasteiger partial charge in [-0.25, -0.2) is 5.01 Å². The number of nitrogens with two attached hydrogens (primary N) is 1. The van der Waals surface area contributed by atoms with E-state index in [1.807, 2.05) is 0 Å². The minimum Gasteiger partial charge on any atom is -0.369 e. The average Bonchev–Trinajstić information content (AvgIpc) is 2.16. The summed E-state index contributed by atoms with van der Waals surface area (Å²) in [4.78, 5) is 4.26. The maximum Gasteiger partial charge on any atom is 0.203 e. The van der Waals surface area contributed by atoms with Crippen LogP contribution in [0, 0.1) is 5.92 Å². The number of piperidine rings is 1. The summed E-state index contributed by atoms with van der Waals surface area (Å²) in [6, 6.07) is 0. The van der Waals surface area contributed by atoms with Gasteiger partial charge in [0, 0.05) is 19.6 Å². The van der Waals surface area contributed by atoms with Gasteiger partial charge in [0.1, 0.15) is 0 Å². The highest BCUT2D eigenvalue weighted by Crippen LogP contribution is 2.05. The highest BCUT2D eigenvalue weighted by Gasteiger charge is 2.09. The Morgan fingerprint density at radius 1 is 1.36 bits per heavy atom. The van der Waals surface area contributed by atoms with Gasteiger partial charge < -0.3 is 5.73 Å². The number of rotatable bonds is 3. The molecule has 4 heteroatoms. The summed E-state index contributed by atoms with van der Waals surface area (Å²) in [6.45, 7) is 7.23. The number of hydrogen-bond acceptors (Lipinski definition) is 2. The zero-order valence-corrected chi connectivity index (χ0v) is 9.29. The lowest BCUT2D eigenvalue weighted by Gasteiger charge is -2.27. The van der Waals surface area contributed by atoms with E-state index in [0.717, 1.165) is 19.6 Å². The molecule has 0 saturated carbocycles. The van der Waals surface area contributed by atoms with E-state index in [0.29, 0.717) is 11.9 Å². The lowest BCUT2D eigenvalue weighted by atomic mass is 10.2. The van der Waals surface area contributed by atoms with Gasteiger partial charge in [-0.3, -0.25) is 10.4 Å². The fourth-order valence-corrected chi connectivity index (χ4v) is 1.48. The lowest BCUT2D eigenvalue weighted by Crippen LogP contribution is -2.48. The number of aliphatic imine (C=N–C) groups is 1. The van der Waals surface area contributed by atoms with Gasteiger partial charge in [-0.15, -0.1) is 0 Å². The monoisotopic (exact) mass is 198 g/mol. The number of hydrazine groups is 1. The maximum atomic E-state index is 5.75. The SMILES string of the molecule is CC(C)CN=C(N)NN1CCCCC1. The highest BCUT2D eigenvalue weighted by atomic mass is 15.5. The van der Waals surface area contributed by atoms with Crippen molar-refractivity contribution in [3.05, 3.63) is 0 Å². The van der Waals surface area contributed by atoms with Crippen LogP contribution in [0.25, 0.3) is 0 Å². The third-order valence-electron chi connectivity index (χ3n) is 2.26. The number of nitrogens with zero attached hydrogens (tertiary/aromatic N) is 2. The van der Waals surface area contributed by atoms with Crippen LogP contribution in [0.5, 0.6) is 0 Å². The van der Waals surface area contributed by atoms with Crippen LogP contribution in [0.1, 0.15) is 33.1 Å². The van der Waals surface area contributed by atoms with Crippen LogP contribution >= 0.6 is 0 Å². The zero-order valence-electron chi connectivity index (χ0n) is 9.29. The quantitative estimate of drug-likeness (QED) is 0.524. The fraction of sp³-hybridized carbons (Fsp3) is 0.900. The molecule has 1 aliphatic rings. The van der Waals surface area contributed by atoms with Gasteiger partial charge >= 0.3 is 0 Å². The van der Waals surface area contributed by atoms with Gasteiger partial charge in [-0.1, -0.05) is 20.3 Å². The fourth-order valence-electron chi connectivity index (χ4n) is 1.48. The number of nitrogens with one attached hydrogen (secondary N) is 1. The van der Waals surface area contributed by atoms with E-state index in [9.17, 15) is 0 Å². The molecule has 0 bridgehead atoms. The molecule has 14 heavy (non-hydrogen) atoms. The van der Waals surface area contributed by atoms with E-state index < -0.39 is 0 Å². The molecular weight excluding hydrogens is 176 g/mol. The van der Waals surface area contributed by atoms with Crippen LogP contribution in [-0.4, -0.2) is 30.6 Å². The van der Waals surface area contributed by atoms with Gasteiger partial charge in [0.2, 0.25) is 5.96 Å². The van der Waals surface area contributed by atoms with Crippen molar-refractivity contribution >= 4 is 5.96 Å². The molecule has 0 aliphatic carbocycles. The van der Waals surface area contributed by atoms with Crippen LogP contribution in [0.2, 0.25) is 0 Å². The Morgan fingerprint density at radius 2 is 2.00 bits per heavy atom. The Bertz CT molecular complexity index is 183. The Kier molecular flexibility index (Phi) is 4.73. The van der Waals surface area contributed by atoms with E-state index in [4.69, 9.17) is 5.73 Å². The molecule has 1 fully saturated rings. The van der Waals surface area contributed by atoms with E-state index in [2.05, 4.69) is 29.3 Å². The molecule has 0 aromatic carbocycles. The van der Waals surface area contributed by atoms with E-state index in [-0.39, 0.29) is 0 Å². The van der Waals surface area contributed by atoms with Crippen molar-refractivity contribution in [2.24, 2.45) is 16.6 Å². The molecule has 0 spiro atoms. The van der Waals surface area contributed by atoms with Crippen molar-refractivity contribution in [1.82, 2.24) is 10.4 Å². The molecular formula is C10H22N4. The van der Waals surface area contributed by atoms with Gasteiger partial charge in [0.25, 0.3) is 0 Å². The Labute approximate surface area is 86.5 Å². The Balaban J connectivity index is 2.24. The molecule has 0 unspecified atom stereocenters. The van der Waals surface area contributed by atoms with Crippen LogP contribution in [-0.2, 0) is 0 Å². The first-order valence-corrected chi connectivity index (χ1v) is 5.50. The first-order valence-electron chi connectivity index (χ1n) is 5.50. The summed E-state index contributed by atoms with van der Waals surface area (Å²) in [5, 5.41) is 2.16. The van der Waals surface area contributed by atoms with E-state index >= 15 is 0 Å². The molecule has 4 nitrogen and oxygen atoms in total. The van der Waals surface area contributed by atoms with E-state index in [1.54, 1.807) is 0 Å². The van der Waals surface area contributed by atoms with E-state index in [1.165, 1.54) is 19.3 Å². The first-order chi connectivity index (χ1) is 6.68. The molecule has 0 aromatic rings.